The van der Waals surface area contributed by atoms with Gasteiger partial charge >= 0.3 is 0 Å². The Balaban J connectivity index is 1.27. The average Bonchev–Trinajstić information content (AvgIpc) is 2.95. The summed E-state index contributed by atoms with van der Waals surface area (Å²) in [7, 11) is 0. The predicted molar refractivity (Wildman–Crippen MR) is 146 cm³/mol. The standard InChI is InChI=1S/C31H29N3O3/c35-29(22-28(23-10-4-1-5-11-23)24-12-6-2-7-13-24)34-27-18-16-26(17-19-27)31(37)33-21-20-32-30(36)25-14-8-3-9-15-25/h1-19,28H,20-22H2,(H,32,36)(H,33,37)(H,34,35). The van der Waals surface area contributed by atoms with E-state index >= 15 is 0 Å². The molecule has 4 aromatic carbocycles. The van der Waals surface area contributed by atoms with Crippen LogP contribution in [0.3, 0.4) is 0 Å². The van der Waals surface area contributed by atoms with Gasteiger partial charge in [0.2, 0.25) is 5.91 Å². The zero-order valence-electron chi connectivity index (χ0n) is 20.4. The van der Waals surface area contributed by atoms with E-state index in [0.717, 1.165) is 11.1 Å². The van der Waals surface area contributed by atoms with Gasteiger partial charge in [0.15, 0.2) is 0 Å². The molecule has 0 aliphatic rings. The van der Waals surface area contributed by atoms with E-state index in [4.69, 9.17) is 0 Å². The smallest absolute Gasteiger partial charge is 0.251 e. The number of nitrogens with one attached hydrogen (secondary N) is 3. The monoisotopic (exact) mass is 491 g/mol. The van der Waals surface area contributed by atoms with Crippen LogP contribution in [0, 0.1) is 0 Å². The molecule has 4 rings (SSSR count). The van der Waals surface area contributed by atoms with E-state index in [-0.39, 0.29) is 23.6 Å². The van der Waals surface area contributed by atoms with Crippen LogP contribution in [0.25, 0.3) is 0 Å². The lowest BCUT2D eigenvalue weighted by Gasteiger charge is -2.18. The van der Waals surface area contributed by atoms with Gasteiger partial charge in [-0.3, -0.25) is 14.4 Å². The summed E-state index contributed by atoms with van der Waals surface area (Å²) in [6, 6.07) is 35.6. The lowest BCUT2D eigenvalue weighted by Crippen LogP contribution is -2.34. The topological polar surface area (TPSA) is 87.3 Å². The van der Waals surface area contributed by atoms with Gasteiger partial charge in [0.05, 0.1) is 0 Å². The molecule has 0 aliphatic heterocycles. The summed E-state index contributed by atoms with van der Waals surface area (Å²) in [6.45, 7) is 0.619. The van der Waals surface area contributed by atoms with Gasteiger partial charge in [-0.05, 0) is 47.5 Å². The summed E-state index contributed by atoms with van der Waals surface area (Å²) in [5.41, 5.74) is 3.83. The van der Waals surface area contributed by atoms with Crippen LogP contribution < -0.4 is 16.0 Å². The third-order valence-corrected chi connectivity index (χ3v) is 5.96. The van der Waals surface area contributed by atoms with E-state index in [1.165, 1.54) is 0 Å². The van der Waals surface area contributed by atoms with E-state index in [0.29, 0.717) is 36.3 Å². The van der Waals surface area contributed by atoms with Crippen molar-refractivity contribution in [2.45, 2.75) is 12.3 Å². The minimum Gasteiger partial charge on any atom is -0.350 e. The second-order valence-corrected chi connectivity index (χ2v) is 8.58. The molecule has 0 unspecified atom stereocenters. The fourth-order valence-electron chi connectivity index (χ4n) is 4.05. The molecular weight excluding hydrogens is 462 g/mol. The van der Waals surface area contributed by atoms with Crippen LogP contribution in [0.4, 0.5) is 5.69 Å². The van der Waals surface area contributed by atoms with Crippen LogP contribution >= 0.6 is 0 Å². The Bertz CT molecular complexity index is 1270. The largest absolute Gasteiger partial charge is 0.350 e. The first kappa shape index (κ1) is 25.4. The Labute approximate surface area is 216 Å². The highest BCUT2D eigenvalue weighted by atomic mass is 16.2. The molecule has 0 heterocycles. The third kappa shape index (κ3) is 7.39. The molecule has 186 valence electrons. The summed E-state index contributed by atoms with van der Waals surface area (Å²) < 4.78 is 0. The first-order valence-electron chi connectivity index (χ1n) is 12.2. The molecule has 0 bridgehead atoms. The zero-order chi connectivity index (χ0) is 25.9. The normalized spacial score (nSPS) is 10.5. The van der Waals surface area contributed by atoms with Crippen LogP contribution in [0.5, 0.6) is 0 Å². The van der Waals surface area contributed by atoms with Crippen molar-refractivity contribution in [2.75, 3.05) is 18.4 Å². The van der Waals surface area contributed by atoms with Crippen molar-refractivity contribution in [3.8, 4) is 0 Å². The van der Waals surface area contributed by atoms with Crippen LogP contribution in [-0.4, -0.2) is 30.8 Å². The lowest BCUT2D eigenvalue weighted by molar-refractivity contribution is -0.116. The maximum absolute atomic E-state index is 12.9. The van der Waals surface area contributed by atoms with E-state index in [9.17, 15) is 14.4 Å². The highest BCUT2D eigenvalue weighted by molar-refractivity contribution is 5.96. The zero-order valence-corrected chi connectivity index (χ0v) is 20.4. The third-order valence-electron chi connectivity index (χ3n) is 5.96. The molecule has 0 saturated carbocycles. The molecule has 0 atom stereocenters. The summed E-state index contributed by atoms with van der Waals surface area (Å²) >= 11 is 0. The van der Waals surface area contributed by atoms with Crippen molar-refractivity contribution in [2.24, 2.45) is 0 Å². The molecule has 6 nitrogen and oxygen atoms in total. The maximum Gasteiger partial charge on any atom is 0.251 e. The van der Waals surface area contributed by atoms with Gasteiger partial charge in [-0.25, -0.2) is 0 Å². The quantitative estimate of drug-likeness (QED) is 0.273. The van der Waals surface area contributed by atoms with Gasteiger partial charge in [-0.1, -0.05) is 78.9 Å². The van der Waals surface area contributed by atoms with Crippen molar-refractivity contribution in [3.63, 3.8) is 0 Å². The molecule has 37 heavy (non-hydrogen) atoms. The van der Waals surface area contributed by atoms with Gasteiger partial charge in [-0.15, -0.1) is 0 Å². The van der Waals surface area contributed by atoms with Crippen LogP contribution in [-0.2, 0) is 4.79 Å². The van der Waals surface area contributed by atoms with Crippen molar-refractivity contribution in [1.29, 1.82) is 0 Å². The summed E-state index contributed by atoms with van der Waals surface area (Å²) in [5, 5.41) is 8.50. The van der Waals surface area contributed by atoms with E-state index < -0.39 is 0 Å². The Hall–Kier alpha value is -4.71. The van der Waals surface area contributed by atoms with E-state index in [1.807, 2.05) is 66.7 Å². The molecule has 0 aromatic heterocycles. The first-order valence-corrected chi connectivity index (χ1v) is 12.2. The number of hydrogen-bond donors (Lipinski definition) is 3. The van der Waals surface area contributed by atoms with Gasteiger partial charge in [0, 0.05) is 42.2 Å². The molecule has 4 aromatic rings. The minimum atomic E-state index is -0.250. The number of anilines is 1. The Morgan fingerprint density at radius 1 is 0.541 bits per heavy atom. The highest BCUT2D eigenvalue weighted by Gasteiger charge is 2.18. The van der Waals surface area contributed by atoms with Gasteiger partial charge in [0.25, 0.3) is 11.8 Å². The highest BCUT2D eigenvalue weighted by Crippen LogP contribution is 2.28. The Morgan fingerprint density at radius 3 is 1.46 bits per heavy atom. The minimum absolute atomic E-state index is 0.0603. The molecule has 0 fully saturated rings. The molecule has 0 spiro atoms. The Morgan fingerprint density at radius 2 is 0.973 bits per heavy atom. The van der Waals surface area contributed by atoms with Crippen molar-refractivity contribution >= 4 is 23.4 Å². The fourth-order valence-corrected chi connectivity index (χ4v) is 4.05. The second-order valence-electron chi connectivity index (χ2n) is 8.58. The van der Waals surface area contributed by atoms with Gasteiger partial charge in [0.1, 0.15) is 0 Å². The van der Waals surface area contributed by atoms with Gasteiger partial charge in [-0.2, -0.15) is 0 Å². The molecule has 0 radical (unpaired) electrons. The number of benzene rings is 4. The number of hydrogen-bond acceptors (Lipinski definition) is 3. The summed E-state index contributed by atoms with van der Waals surface area (Å²) in [6.07, 6.45) is 0.297. The molecule has 3 amide bonds. The SMILES string of the molecule is O=C(CC(c1ccccc1)c1ccccc1)Nc1ccc(C(=O)NCCNC(=O)c2ccccc2)cc1. The summed E-state index contributed by atoms with van der Waals surface area (Å²) in [5.74, 6) is -0.601. The van der Waals surface area contributed by atoms with Crippen molar-refractivity contribution in [3.05, 3.63) is 138 Å². The van der Waals surface area contributed by atoms with Crippen LogP contribution in [0.1, 0.15) is 44.2 Å². The van der Waals surface area contributed by atoms with Crippen molar-refractivity contribution in [1.82, 2.24) is 10.6 Å². The Kier molecular flexibility index (Phi) is 8.81. The molecule has 0 aliphatic carbocycles. The van der Waals surface area contributed by atoms with E-state index in [1.54, 1.807) is 48.5 Å². The number of carbonyl (C=O) groups excluding carboxylic acids is 3. The van der Waals surface area contributed by atoms with Gasteiger partial charge < -0.3 is 16.0 Å². The fraction of sp³-hybridized carbons (Fsp3) is 0.129. The maximum atomic E-state index is 12.9. The predicted octanol–water partition coefficient (Wildman–Crippen LogP) is 5.01. The number of carbonyl (C=O) groups is 3. The second kappa shape index (κ2) is 12.8. The summed E-state index contributed by atoms with van der Waals surface area (Å²) in [4.78, 5) is 37.4. The molecule has 0 saturated heterocycles. The van der Waals surface area contributed by atoms with Crippen molar-refractivity contribution < 1.29 is 14.4 Å². The lowest BCUT2D eigenvalue weighted by atomic mass is 9.88. The number of rotatable bonds is 10. The molecule has 6 heteroatoms. The van der Waals surface area contributed by atoms with Crippen LogP contribution in [0.15, 0.2) is 115 Å². The van der Waals surface area contributed by atoms with Crippen LogP contribution in [0.2, 0.25) is 0 Å². The molecule has 3 N–H and O–H groups in total. The first-order chi connectivity index (χ1) is 18.1. The molecular formula is C31H29N3O3. The number of amides is 3. The van der Waals surface area contributed by atoms with E-state index in [2.05, 4.69) is 16.0 Å². The average molecular weight is 492 g/mol.